The highest BCUT2D eigenvalue weighted by Crippen LogP contribution is 2.37. The number of furan rings is 1. The Morgan fingerprint density at radius 3 is 1.54 bits per heavy atom. The molecule has 0 atom stereocenters. The Hall–Kier alpha value is -6.85. The fourth-order valence-corrected chi connectivity index (χ4v) is 6.61. The lowest BCUT2D eigenvalue weighted by Crippen LogP contribution is -2.00. The fourth-order valence-electron chi connectivity index (χ4n) is 6.61. The first-order valence-corrected chi connectivity index (χ1v) is 16.2. The van der Waals surface area contributed by atoms with E-state index in [9.17, 15) is 0 Å². The summed E-state index contributed by atoms with van der Waals surface area (Å²) in [5.41, 5.74) is 6.97. The second kappa shape index (κ2) is 11.4. The third-order valence-electron chi connectivity index (χ3n) is 9.02. The van der Waals surface area contributed by atoms with Crippen LogP contribution in [0.3, 0.4) is 0 Å². The van der Waals surface area contributed by atoms with Gasteiger partial charge in [0.15, 0.2) is 17.5 Å². The van der Waals surface area contributed by atoms with E-state index in [4.69, 9.17) is 27.6 Å². The van der Waals surface area contributed by atoms with E-state index in [-0.39, 0.29) is 47.0 Å². The Labute approximate surface area is 296 Å². The van der Waals surface area contributed by atoms with Crippen LogP contribution in [0.5, 0.6) is 0 Å². The van der Waals surface area contributed by atoms with Gasteiger partial charge in [-0.3, -0.25) is 0 Å². The van der Waals surface area contributed by atoms with E-state index in [1.54, 1.807) is 4.57 Å². The van der Waals surface area contributed by atoms with Crippen LogP contribution in [0.25, 0.3) is 94.7 Å². The monoisotopic (exact) mass is 646 g/mol. The molecule has 0 amide bonds. The van der Waals surface area contributed by atoms with Crippen LogP contribution < -0.4 is 0 Å². The number of rotatable bonds is 5. The molecule has 10 aromatic rings. The molecule has 0 aliphatic rings. The number of fused-ring (bicyclic) bond motifs is 6. The lowest BCUT2D eigenvalue weighted by molar-refractivity contribution is 0.668. The van der Waals surface area contributed by atoms with Gasteiger partial charge in [0.05, 0.1) is 19.3 Å². The van der Waals surface area contributed by atoms with Crippen molar-refractivity contribution < 1.29 is 12.6 Å². The maximum absolute atomic E-state index is 8.83. The summed E-state index contributed by atoms with van der Waals surface area (Å²) in [6.07, 6.45) is 0. The SMILES string of the molecule is [2H]c1cc([2H])c2c(c1[2H])c1c([2H])c([2H])cc([2H])c1n2-c1ccc2c(c1)oc1cc(-c3nc(-c4ccccc4)nc(-c4ccc(-c5ccccc5)cc4)n3)ccc12. The normalized spacial score (nSPS) is 13.3. The molecule has 5 heteroatoms. The second-order valence-corrected chi connectivity index (χ2v) is 12.0. The first-order chi connectivity index (χ1) is 27.2. The van der Waals surface area contributed by atoms with Crippen LogP contribution in [0.1, 0.15) is 8.22 Å². The van der Waals surface area contributed by atoms with Crippen LogP contribution >= 0.6 is 0 Å². The zero-order chi connectivity index (χ0) is 38.2. The summed E-state index contributed by atoms with van der Waals surface area (Å²) in [6, 6.07) is 41.5. The minimum atomic E-state index is -0.159. The molecule has 5 nitrogen and oxygen atoms in total. The molecule has 0 spiro atoms. The van der Waals surface area contributed by atoms with Gasteiger partial charge in [0.25, 0.3) is 0 Å². The van der Waals surface area contributed by atoms with Crippen molar-refractivity contribution >= 4 is 43.7 Å². The fraction of sp³-hybridized carbons (Fsp3) is 0. The summed E-state index contributed by atoms with van der Waals surface area (Å²) in [7, 11) is 0. The first-order valence-electron chi connectivity index (χ1n) is 19.2. The lowest BCUT2D eigenvalue weighted by Gasteiger charge is -2.09. The molecule has 0 saturated heterocycles. The summed E-state index contributed by atoms with van der Waals surface area (Å²) < 4.78 is 59.9. The smallest absolute Gasteiger partial charge is 0.164 e. The van der Waals surface area contributed by atoms with Gasteiger partial charge in [-0.05, 0) is 47.5 Å². The summed E-state index contributed by atoms with van der Waals surface area (Å²) in [5.74, 6) is 1.57. The maximum atomic E-state index is 8.83. The molecule has 3 aromatic heterocycles. The van der Waals surface area contributed by atoms with Crippen LogP contribution in [0.2, 0.25) is 0 Å². The quantitative estimate of drug-likeness (QED) is 0.187. The number of nitrogens with zero attached hydrogens (tertiary/aromatic N) is 4. The van der Waals surface area contributed by atoms with Gasteiger partial charge in [-0.15, -0.1) is 0 Å². The summed E-state index contributed by atoms with van der Waals surface area (Å²) >= 11 is 0. The molecule has 7 aromatic carbocycles. The van der Waals surface area contributed by atoms with Gasteiger partial charge >= 0.3 is 0 Å². The maximum Gasteiger partial charge on any atom is 0.164 e. The van der Waals surface area contributed by atoms with Crippen molar-refractivity contribution in [1.29, 1.82) is 0 Å². The molecular weight excluding hydrogens is 613 g/mol. The Bertz CT molecular complexity index is 3130. The van der Waals surface area contributed by atoms with Crippen LogP contribution in [0.4, 0.5) is 0 Å². The van der Waals surface area contributed by atoms with Crippen molar-refractivity contribution in [2.45, 2.75) is 0 Å². The highest BCUT2D eigenvalue weighted by molar-refractivity contribution is 6.10. The topological polar surface area (TPSA) is 56.7 Å². The third kappa shape index (κ3) is 4.67. The van der Waals surface area contributed by atoms with E-state index in [2.05, 4.69) is 24.3 Å². The molecule has 10 rings (SSSR count). The van der Waals surface area contributed by atoms with Crippen molar-refractivity contribution in [2.24, 2.45) is 0 Å². The molecule has 0 radical (unpaired) electrons. The lowest BCUT2D eigenvalue weighted by atomic mass is 10.0. The van der Waals surface area contributed by atoms with Gasteiger partial charge in [0.2, 0.25) is 0 Å². The van der Waals surface area contributed by atoms with Gasteiger partial charge in [0.1, 0.15) is 11.2 Å². The molecule has 3 heterocycles. The number of para-hydroxylation sites is 2. The minimum Gasteiger partial charge on any atom is -0.456 e. The van der Waals surface area contributed by atoms with Gasteiger partial charge in [-0.2, -0.15) is 0 Å². The molecule has 0 saturated carbocycles. The second-order valence-electron chi connectivity index (χ2n) is 12.0. The number of aromatic nitrogens is 4. The Morgan fingerprint density at radius 1 is 0.420 bits per heavy atom. The van der Waals surface area contributed by atoms with Crippen LogP contribution in [-0.4, -0.2) is 19.5 Å². The molecule has 50 heavy (non-hydrogen) atoms. The molecule has 0 unspecified atom stereocenters. The van der Waals surface area contributed by atoms with E-state index in [0.717, 1.165) is 38.6 Å². The summed E-state index contributed by atoms with van der Waals surface area (Å²) in [6.45, 7) is 0. The third-order valence-corrected chi connectivity index (χ3v) is 9.02. The van der Waals surface area contributed by atoms with Gasteiger partial charge in [-0.1, -0.05) is 127 Å². The summed E-state index contributed by atoms with van der Waals surface area (Å²) in [5, 5.41) is 2.13. The average Bonchev–Trinajstić information content (AvgIpc) is 3.79. The van der Waals surface area contributed by atoms with Crippen molar-refractivity contribution in [3.63, 3.8) is 0 Å². The van der Waals surface area contributed by atoms with E-state index in [1.165, 1.54) is 12.1 Å². The van der Waals surface area contributed by atoms with Crippen molar-refractivity contribution in [3.8, 4) is 51.0 Å². The van der Waals surface area contributed by atoms with E-state index in [0.29, 0.717) is 45.4 Å². The molecule has 234 valence electrons. The van der Waals surface area contributed by atoms with Crippen molar-refractivity contribution in [3.05, 3.63) is 170 Å². The molecule has 0 bridgehead atoms. The van der Waals surface area contributed by atoms with Crippen LogP contribution in [0.15, 0.2) is 174 Å². The van der Waals surface area contributed by atoms with Crippen LogP contribution in [-0.2, 0) is 0 Å². The Balaban J connectivity index is 1.11. The summed E-state index contributed by atoms with van der Waals surface area (Å²) in [4.78, 5) is 14.8. The highest BCUT2D eigenvalue weighted by atomic mass is 16.3. The molecule has 0 fully saturated rings. The molecular formula is C45H28N4O. The van der Waals surface area contributed by atoms with E-state index in [1.807, 2.05) is 97.1 Å². The number of hydrogen-bond donors (Lipinski definition) is 0. The average molecular weight is 647 g/mol. The number of hydrogen-bond acceptors (Lipinski definition) is 4. The zero-order valence-electron chi connectivity index (χ0n) is 32.4. The van der Waals surface area contributed by atoms with E-state index < -0.39 is 0 Å². The largest absolute Gasteiger partial charge is 0.456 e. The molecule has 0 N–H and O–H groups in total. The van der Waals surface area contributed by atoms with Gasteiger partial charge in [0, 0.05) is 50.0 Å². The van der Waals surface area contributed by atoms with Gasteiger partial charge in [-0.25, -0.2) is 15.0 Å². The highest BCUT2D eigenvalue weighted by Gasteiger charge is 2.17. The number of benzene rings is 7. The molecule has 0 aliphatic heterocycles. The zero-order valence-corrected chi connectivity index (χ0v) is 26.4. The van der Waals surface area contributed by atoms with Gasteiger partial charge < -0.3 is 8.98 Å². The predicted molar refractivity (Wildman–Crippen MR) is 203 cm³/mol. The predicted octanol–water partition coefficient (Wildman–Crippen LogP) is 11.5. The Morgan fingerprint density at radius 2 is 0.900 bits per heavy atom. The first kappa shape index (κ1) is 22.7. The Kier molecular flexibility index (Phi) is 5.17. The van der Waals surface area contributed by atoms with Crippen LogP contribution in [0, 0.1) is 0 Å². The van der Waals surface area contributed by atoms with Crippen molar-refractivity contribution in [2.75, 3.05) is 0 Å². The molecule has 0 aliphatic carbocycles. The standard InChI is InChI=1S/C45H28N4O/c1-3-11-29(12-4-1)30-19-21-32(22-20-30)44-46-43(31-13-5-2-6-14-31)47-45(48-44)33-23-25-37-38-26-24-34(28-42(38)50-41(37)27-33)49-39-17-9-7-15-35(39)36-16-8-10-18-40(36)49/h1-28H/i7D,8D,15D,16D,17D,18D. The minimum absolute atomic E-state index is 0.0180. The van der Waals surface area contributed by atoms with Crippen molar-refractivity contribution in [1.82, 2.24) is 19.5 Å². The van der Waals surface area contributed by atoms with E-state index >= 15 is 0 Å².